The topological polar surface area (TPSA) is 9.23 Å². The second kappa shape index (κ2) is 6.16. The fraction of sp³-hybridized carbons (Fsp3) is 0.333. The number of hydrogen-bond donors (Lipinski definition) is 0. The number of aryl methyl sites for hydroxylation is 1. The highest BCUT2D eigenvalue weighted by atomic mass is 16.5. The Kier molecular flexibility index (Phi) is 4.84. The van der Waals surface area contributed by atoms with Crippen LogP contribution in [0.3, 0.4) is 0 Å². The summed E-state index contributed by atoms with van der Waals surface area (Å²) in [7, 11) is 1.70. The van der Waals surface area contributed by atoms with Gasteiger partial charge in [0, 0.05) is 0 Å². The van der Waals surface area contributed by atoms with Crippen molar-refractivity contribution in [2.45, 2.75) is 27.2 Å². The van der Waals surface area contributed by atoms with Crippen molar-refractivity contribution < 1.29 is 4.74 Å². The van der Waals surface area contributed by atoms with Gasteiger partial charge in [0.1, 0.15) is 5.75 Å². The summed E-state index contributed by atoms with van der Waals surface area (Å²) < 4.78 is 5.18. The Morgan fingerprint density at radius 2 is 1.56 bits per heavy atom. The lowest BCUT2D eigenvalue weighted by Gasteiger charge is -2.03. The Hall–Kier alpha value is -1.50. The van der Waals surface area contributed by atoms with Gasteiger partial charge in [-0.3, -0.25) is 0 Å². The maximum absolute atomic E-state index is 5.18. The highest BCUT2D eigenvalue weighted by Crippen LogP contribution is 2.21. The molecule has 0 aliphatic carbocycles. The van der Waals surface area contributed by atoms with E-state index in [0.717, 1.165) is 12.2 Å². The Bertz CT molecular complexity index is 403. The lowest BCUT2D eigenvalue weighted by atomic mass is 10.1. The maximum Gasteiger partial charge on any atom is 0.119 e. The van der Waals surface area contributed by atoms with Gasteiger partial charge in [0.2, 0.25) is 0 Å². The molecule has 2 rings (SSSR count). The monoisotopic (exact) mass is 216 g/mol. The SMILES string of the molecule is CC.CCc1ccc2cc(OC)ccc2c1. The Balaban J connectivity index is 0.000000606. The van der Waals surface area contributed by atoms with Crippen LogP contribution in [0.5, 0.6) is 5.75 Å². The van der Waals surface area contributed by atoms with E-state index < -0.39 is 0 Å². The molecule has 0 aliphatic rings. The number of fused-ring (bicyclic) bond motifs is 1. The first-order chi connectivity index (χ1) is 7.83. The fourth-order valence-corrected chi connectivity index (χ4v) is 1.62. The summed E-state index contributed by atoms with van der Waals surface area (Å²) >= 11 is 0. The largest absolute Gasteiger partial charge is 0.497 e. The summed E-state index contributed by atoms with van der Waals surface area (Å²) in [6, 6.07) is 12.7. The van der Waals surface area contributed by atoms with Gasteiger partial charge >= 0.3 is 0 Å². The minimum Gasteiger partial charge on any atom is -0.497 e. The number of ether oxygens (including phenoxy) is 1. The molecule has 86 valence electrons. The van der Waals surface area contributed by atoms with Crippen LogP contribution in [-0.2, 0) is 6.42 Å². The van der Waals surface area contributed by atoms with E-state index in [1.165, 1.54) is 16.3 Å². The zero-order chi connectivity index (χ0) is 12.0. The lowest BCUT2D eigenvalue weighted by Crippen LogP contribution is -1.84. The molecule has 1 heteroatoms. The highest BCUT2D eigenvalue weighted by molar-refractivity contribution is 5.84. The van der Waals surface area contributed by atoms with Crippen molar-refractivity contribution in [3.05, 3.63) is 42.0 Å². The highest BCUT2D eigenvalue weighted by Gasteiger charge is 1.97. The van der Waals surface area contributed by atoms with E-state index in [0.29, 0.717) is 0 Å². The normalized spacial score (nSPS) is 9.50. The zero-order valence-corrected chi connectivity index (χ0v) is 10.6. The molecule has 2 aromatic rings. The van der Waals surface area contributed by atoms with Crippen LogP contribution >= 0.6 is 0 Å². The van der Waals surface area contributed by atoms with Crippen molar-refractivity contribution in [3.63, 3.8) is 0 Å². The fourth-order valence-electron chi connectivity index (χ4n) is 1.62. The molecule has 0 fully saturated rings. The summed E-state index contributed by atoms with van der Waals surface area (Å²) in [4.78, 5) is 0. The first kappa shape index (κ1) is 12.6. The molecule has 0 aliphatic heterocycles. The van der Waals surface area contributed by atoms with Crippen molar-refractivity contribution in [2.24, 2.45) is 0 Å². The van der Waals surface area contributed by atoms with Crippen LogP contribution in [0.15, 0.2) is 36.4 Å². The number of rotatable bonds is 2. The standard InChI is InChI=1S/C13H14O.C2H6/c1-3-10-4-5-12-9-13(14-2)7-6-11(12)8-10;1-2/h4-9H,3H2,1-2H3;1-2H3. The van der Waals surface area contributed by atoms with Crippen LogP contribution in [-0.4, -0.2) is 7.11 Å². The van der Waals surface area contributed by atoms with Gasteiger partial charge in [-0.15, -0.1) is 0 Å². The molecule has 2 aromatic carbocycles. The molecular weight excluding hydrogens is 196 g/mol. The first-order valence-electron chi connectivity index (χ1n) is 5.90. The lowest BCUT2D eigenvalue weighted by molar-refractivity contribution is 0.415. The predicted octanol–water partition coefficient (Wildman–Crippen LogP) is 4.44. The van der Waals surface area contributed by atoms with E-state index in [-0.39, 0.29) is 0 Å². The van der Waals surface area contributed by atoms with Gasteiger partial charge < -0.3 is 4.74 Å². The summed E-state index contributed by atoms with van der Waals surface area (Å²) in [6.07, 6.45) is 1.09. The molecule has 0 atom stereocenters. The van der Waals surface area contributed by atoms with E-state index in [1.54, 1.807) is 7.11 Å². The zero-order valence-electron chi connectivity index (χ0n) is 10.6. The molecule has 0 N–H and O–H groups in total. The van der Waals surface area contributed by atoms with Crippen LogP contribution in [0.1, 0.15) is 26.3 Å². The molecule has 0 aromatic heterocycles. The quantitative estimate of drug-likeness (QED) is 0.721. The van der Waals surface area contributed by atoms with E-state index in [9.17, 15) is 0 Å². The van der Waals surface area contributed by atoms with Crippen LogP contribution < -0.4 is 4.74 Å². The number of benzene rings is 2. The third-order valence-corrected chi connectivity index (χ3v) is 2.52. The van der Waals surface area contributed by atoms with E-state index in [2.05, 4.69) is 37.3 Å². The van der Waals surface area contributed by atoms with E-state index >= 15 is 0 Å². The van der Waals surface area contributed by atoms with Gasteiger partial charge in [-0.1, -0.05) is 45.0 Å². The Morgan fingerprint density at radius 1 is 0.938 bits per heavy atom. The molecule has 0 bridgehead atoms. The van der Waals surface area contributed by atoms with Crippen LogP contribution in [0.4, 0.5) is 0 Å². The Labute approximate surface area is 98.1 Å². The smallest absolute Gasteiger partial charge is 0.119 e. The summed E-state index contributed by atoms with van der Waals surface area (Å²) in [5, 5.41) is 2.52. The predicted molar refractivity (Wildman–Crippen MR) is 71.2 cm³/mol. The Morgan fingerprint density at radius 3 is 2.19 bits per heavy atom. The average Bonchev–Trinajstić information content (AvgIpc) is 2.39. The van der Waals surface area contributed by atoms with Gasteiger partial charge in [-0.05, 0) is 34.9 Å². The summed E-state index contributed by atoms with van der Waals surface area (Å²) in [6.45, 7) is 6.17. The van der Waals surface area contributed by atoms with Gasteiger partial charge in [-0.2, -0.15) is 0 Å². The van der Waals surface area contributed by atoms with Crippen LogP contribution in [0.25, 0.3) is 10.8 Å². The van der Waals surface area contributed by atoms with Crippen molar-refractivity contribution in [1.29, 1.82) is 0 Å². The van der Waals surface area contributed by atoms with Gasteiger partial charge in [-0.25, -0.2) is 0 Å². The number of methoxy groups -OCH3 is 1. The second-order valence-corrected chi connectivity index (χ2v) is 3.40. The molecule has 0 spiro atoms. The third-order valence-electron chi connectivity index (χ3n) is 2.52. The average molecular weight is 216 g/mol. The molecule has 0 saturated heterocycles. The maximum atomic E-state index is 5.18. The second-order valence-electron chi connectivity index (χ2n) is 3.40. The molecule has 0 unspecified atom stereocenters. The third kappa shape index (κ3) is 2.75. The molecule has 16 heavy (non-hydrogen) atoms. The molecular formula is C15H20O. The minimum atomic E-state index is 0.918. The van der Waals surface area contributed by atoms with Crippen molar-refractivity contribution in [1.82, 2.24) is 0 Å². The van der Waals surface area contributed by atoms with Gasteiger partial charge in [0.15, 0.2) is 0 Å². The first-order valence-corrected chi connectivity index (χ1v) is 5.90. The van der Waals surface area contributed by atoms with Gasteiger partial charge in [0.25, 0.3) is 0 Å². The summed E-state index contributed by atoms with van der Waals surface area (Å²) in [5.74, 6) is 0.918. The van der Waals surface area contributed by atoms with Crippen molar-refractivity contribution >= 4 is 10.8 Å². The molecule has 0 amide bonds. The van der Waals surface area contributed by atoms with E-state index in [1.807, 2.05) is 19.9 Å². The number of hydrogen-bond acceptors (Lipinski definition) is 1. The molecule has 0 heterocycles. The van der Waals surface area contributed by atoms with Crippen molar-refractivity contribution in [2.75, 3.05) is 7.11 Å². The van der Waals surface area contributed by atoms with Crippen molar-refractivity contribution in [3.8, 4) is 5.75 Å². The van der Waals surface area contributed by atoms with E-state index in [4.69, 9.17) is 4.74 Å². The van der Waals surface area contributed by atoms with Crippen LogP contribution in [0.2, 0.25) is 0 Å². The minimum absolute atomic E-state index is 0.918. The van der Waals surface area contributed by atoms with Gasteiger partial charge in [0.05, 0.1) is 7.11 Å². The molecule has 0 saturated carbocycles. The molecule has 1 nitrogen and oxygen atoms in total. The summed E-state index contributed by atoms with van der Waals surface area (Å²) in [5.41, 5.74) is 1.38. The molecule has 0 radical (unpaired) electrons. The van der Waals surface area contributed by atoms with Crippen LogP contribution in [0, 0.1) is 0 Å².